The van der Waals surface area contributed by atoms with Gasteiger partial charge in [-0.2, -0.15) is 0 Å². The van der Waals surface area contributed by atoms with Gasteiger partial charge >= 0.3 is 5.97 Å². The van der Waals surface area contributed by atoms with Gasteiger partial charge in [-0.15, -0.1) is 0 Å². The standard InChI is InChI=1S/C19H21NO6/c1-24-18-10-4-15(5-11-18)14-25-12-2-3-13-26-19(21)16-6-8-17(9-7-16)20(22)23/h4-11H,2-3,12-14H2,1H3. The Kier molecular flexibility index (Phi) is 7.57. The van der Waals surface area contributed by atoms with Gasteiger partial charge in [0.2, 0.25) is 0 Å². The Hall–Kier alpha value is -2.93. The highest BCUT2D eigenvalue weighted by Crippen LogP contribution is 2.13. The Morgan fingerprint density at radius 1 is 1.00 bits per heavy atom. The number of carbonyl (C=O) groups excluding carboxylic acids is 1. The molecule has 0 saturated heterocycles. The fourth-order valence-corrected chi connectivity index (χ4v) is 2.19. The number of ether oxygens (including phenoxy) is 3. The van der Waals surface area contributed by atoms with Crippen LogP contribution in [0.25, 0.3) is 0 Å². The Morgan fingerprint density at radius 3 is 2.27 bits per heavy atom. The quantitative estimate of drug-likeness (QED) is 0.278. The molecule has 2 rings (SSSR count). The van der Waals surface area contributed by atoms with Crippen LogP contribution in [0.5, 0.6) is 5.75 Å². The van der Waals surface area contributed by atoms with Crippen molar-refractivity contribution in [2.75, 3.05) is 20.3 Å². The number of non-ortho nitro benzene ring substituents is 1. The van der Waals surface area contributed by atoms with Gasteiger partial charge in [0, 0.05) is 18.7 Å². The smallest absolute Gasteiger partial charge is 0.338 e. The van der Waals surface area contributed by atoms with E-state index in [4.69, 9.17) is 14.2 Å². The predicted octanol–water partition coefficient (Wildman–Crippen LogP) is 3.76. The van der Waals surface area contributed by atoms with E-state index in [2.05, 4.69) is 0 Å². The first-order valence-electron chi connectivity index (χ1n) is 8.22. The van der Waals surface area contributed by atoms with Gasteiger partial charge < -0.3 is 14.2 Å². The second-order valence-electron chi connectivity index (χ2n) is 5.55. The molecule has 0 heterocycles. The number of hydrogen-bond donors (Lipinski definition) is 0. The minimum absolute atomic E-state index is 0.0597. The third-order valence-corrected chi connectivity index (χ3v) is 3.66. The van der Waals surface area contributed by atoms with Gasteiger partial charge in [0.15, 0.2) is 0 Å². The van der Waals surface area contributed by atoms with E-state index in [-0.39, 0.29) is 12.3 Å². The van der Waals surface area contributed by atoms with Crippen molar-refractivity contribution in [2.45, 2.75) is 19.4 Å². The molecule has 26 heavy (non-hydrogen) atoms. The van der Waals surface area contributed by atoms with Crippen LogP contribution in [0.1, 0.15) is 28.8 Å². The van der Waals surface area contributed by atoms with E-state index in [1.807, 2.05) is 24.3 Å². The Morgan fingerprint density at radius 2 is 1.65 bits per heavy atom. The third kappa shape index (κ3) is 6.18. The Labute approximate surface area is 151 Å². The van der Waals surface area contributed by atoms with Crippen molar-refractivity contribution in [2.24, 2.45) is 0 Å². The van der Waals surface area contributed by atoms with Crippen molar-refractivity contribution in [3.05, 3.63) is 69.8 Å². The van der Waals surface area contributed by atoms with Crippen LogP contribution in [0.3, 0.4) is 0 Å². The maximum Gasteiger partial charge on any atom is 0.338 e. The highest BCUT2D eigenvalue weighted by Gasteiger charge is 2.10. The molecule has 2 aromatic carbocycles. The van der Waals surface area contributed by atoms with Gasteiger partial charge in [-0.3, -0.25) is 10.1 Å². The molecule has 0 unspecified atom stereocenters. The molecule has 0 bridgehead atoms. The summed E-state index contributed by atoms with van der Waals surface area (Å²) in [7, 11) is 1.62. The summed E-state index contributed by atoms with van der Waals surface area (Å²) in [5.41, 5.74) is 1.30. The normalized spacial score (nSPS) is 10.3. The molecule has 0 atom stereocenters. The maximum absolute atomic E-state index is 11.8. The van der Waals surface area contributed by atoms with E-state index in [9.17, 15) is 14.9 Å². The van der Waals surface area contributed by atoms with E-state index >= 15 is 0 Å². The van der Waals surface area contributed by atoms with Crippen LogP contribution in [0.2, 0.25) is 0 Å². The van der Waals surface area contributed by atoms with Gasteiger partial charge in [-0.25, -0.2) is 4.79 Å². The minimum Gasteiger partial charge on any atom is -0.497 e. The van der Waals surface area contributed by atoms with Crippen molar-refractivity contribution in [1.29, 1.82) is 0 Å². The van der Waals surface area contributed by atoms with Gasteiger partial charge in [-0.05, 0) is 42.7 Å². The van der Waals surface area contributed by atoms with Crippen LogP contribution in [-0.4, -0.2) is 31.2 Å². The van der Waals surface area contributed by atoms with E-state index < -0.39 is 10.9 Å². The SMILES string of the molecule is COc1ccc(COCCCCOC(=O)c2ccc([N+](=O)[O-])cc2)cc1. The summed E-state index contributed by atoms with van der Waals surface area (Å²) in [4.78, 5) is 21.9. The highest BCUT2D eigenvalue weighted by molar-refractivity contribution is 5.89. The van der Waals surface area contributed by atoms with Crippen LogP contribution in [0.4, 0.5) is 5.69 Å². The van der Waals surface area contributed by atoms with Crippen LogP contribution >= 0.6 is 0 Å². The summed E-state index contributed by atoms with van der Waals surface area (Å²) in [6, 6.07) is 13.0. The lowest BCUT2D eigenvalue weighted by Gasteiger charge is -2.07. The summed E-state index contributed by atoms with van der Waals surface area (Å²) in [6.07, 6.45) is 1.45. The van der Waals surface area contributed by atoms with E-state index in [1.165, 1.54) is 24.3 Å². The molecular weight excluding hydrogens is 338 g/mol. The molecule has 0 aliphatic heterocycles. The fraction of sp³-hybridized carbons (Fsp3) is 0.316. The summed E-state index contributed by atoms with van der Waals surface area (Å²) >= 11 is 0. The van der Waals surface area contributed by atoms with Crippen molar-refractivity contribution in [3.63, 3.8) is 0 Å². The third-order valence-electron chi connectivity index (χ3n) is 3.66. The molecule has 0 aromatic heterocycles. The molecular formula is C19H21NO6. The molecule has 7 heteroatoms. The number of nitrogens with zero attached hydrogens (tertiary/aromatic N) is 1. The molecule has 0 aliphatic carbocycles. The number of benzene rings is 2. The lowest BCUT2D eigenvalue weighted by Crippen LogP contribution is -2.07. The number of nitro groups is 1. The summed E-state index contributed by atoms with van der Waals surface area (Å²) in [6.45, 7) is 1.37. The van der Waals surface area contributed by atoms with Gasteiger partial charge in [0.25, 0.3) is 5.69 Å². The van der Waals surface area contributed by atoms with Crippen LogP contribution < -0.4 is 4.74 Å². The summed E-state index contributed by atoms with van der Waals surface area (Å²) in [5, 5.41) is 10.6. The molecule has 0 aliphatic rings. The molecule has 2 aromatic rings. The first kappa shape index (κ1) is 19.4. The average molecular weight is 359 g/mol. The number of methoxy groups -OCH3 is 1. The molecule has 0 amide bonds. The second kappa shape index (κ2) is 10.1. The largest absolute Gasteiger partial charge is 0.497 e. The average Bonchev–Trinajstić information content (AvgIpc) is 2.67. The van der Waals surface area contributed by atoms with Crippen LogP contribution in [0, 0.1) is 10.1 Å². The molecule has 0 radical (unpaired) electrons. The summed E-state index contributed by atoms with van der Waals surface area (Å²) < 4.78 is 15.8. The van der Waals surface area contributed by atoms with Gasteiger partial charge in [0.05, 0.1) is 30.8 Å². The number of esters is 1. The first-order chi connectivity index (χ1) is 12.6. The Balaban J connectivity index is 1.58. The van der Waals surface area contributed by atoms with Crippen LogP contribution in [-0.2, 0) is 16.1 Å². The maximum atomic E-state index is 11.8. The van der Waals surface area contributed by atoms with E-state index in [0.717, 1.165) is 17.7 Å². The topological polar surface area (TPSA) is 87.9 Å². The van der Waals surface area contributed by atoms with E-state index in [0.29, 0.717) is 25.2 Å². The zero-order valence-corrected chi connectivity index (χ0v) is 14.6. The highest BCUT2D eigenvalue weighted by atomic mass is 16.6. The molecule has 138 valence electrons. The summed E-state index contributed by atoms with van der Waals surface area (Å²) in [5.74, 6) is 0.322. The first-order valence-corrected chi connectivity index (χ1v) is 8.22. The molecule has 7 nitrogen and oxygen atoms in total. The lowest BCUT2D eigenvalue weighted by molar-refractivity contribution is -0.384. The fourth-order valence-electron chi connectivity index (χ4n) is 2.19. The van der Waals surface area contributed by atoms with Crippen molar-refractivity contribution >= 4 is 11.7 Å². The molecule has 0 fully saturated rings. The molecule has 0 N–H and O–H groups in total. The number of nitro benzene ring substituents is 1. The monoisotopic (exact) mass is 359 g/mol. The van der Waals surface area contributed by atoms with Crippen molar-refractivity contribution in [3.8, 4) is 5.75 Å². The number of rotatable bonds is 10. The number of unbranched alkanes of at least 4 members (excludes halogenated alkanes) is 1. The van der Waals surface area contributed by atoms with Crippen molar-refractivity contribution < 1.29 is 23.9 Å². The predicted molar refractivity (Wildman–Crippen MR) is 95.3 cm³/mol. The zero-order chi connectivity index (χ0) is 18.8. The van der Waals surface area contributed by atoms with Gasteiger partial charge in [-0.1, -0.05) is 12.1 Å². The van der Waals surface area contributed by atoms with Crippen LogP contribution in [0.15, 0.2) is 48.5 Å². The minimum atomic E-state index is -0.513. The number of hydrogen-bond acceptors (Lipinski definition) is 6. The second-order valence-corrected chi connectivity index (χ2v) is 5.55. The number of carbonyl (C=O) groups is 1. The van der Waals surface area contributed by atoms with Crippen molar-refractivity contribution in [1.82, 2.24) is 0 Å². The Bertz CT molecular complexity index is 712. The molecule has 0 saturated carbocycles. The van der Waals surface area contributed by atoms with Gasteiger partial charge in [0.1, 0.15) is 5.75 Å². The van der Waals surface area contributed by atoms with E-state index in [1.54, 1.807) is 7.11 Å². The zero-order valence-electron chi connectivity index (χ0n) is 14.6. The lowest BCUT2D eigenvalue weighted by atomic mass is 10.2. The molecule has 0 spiro atoms.